The number of hydrogen-bond acceptors (Lipinski definition) is 6. The first kappa shape index (κ1) is 20.5. The summed E-state index contributed by atoms with van der Waals surface area (Å²) in [5.74, 6) is 0.675. The summed E-state index contributed by atoms with van der Waals surface area (Å²) in [6.45, 7) is 2.49. The van der Waals surface area contributed by atoms with E-state index in [1.807, 2.05) is 4.90 Å². The van der Waals surface area contributed by atoms with E-state index in [4.69, 9.17) is 9.47 Å². The third-order valence-corrected chi connectivity index (χ3v) is 8.07. The van der Waals surface area contributed by atoms with Gasteiger partial charge < -0.3 is 29.7 Å². The Hall–Kier alpha value is -0.730. The maximum atomic E-state index is 13.1. The molecule has 160 valence electrons. The van der Waals surface area contributed by atoms with Gasteiger partial charge in [0.15, 0.2) is 0 Å². The largest absolute Gasteiger partial charge is 0.396 e. The Morgan fingerprint density at radius 2 is 1.93 bits per heavy atom. The highest BCUT2D eigenvalue weighted by Gasteiger charge is 2.53. The smallest absolute Gasteiger partial charge is 0.225 e. The summed E-state index contributed by atoms with van der Waals surface area (Å²) < 4.78 is 11.4. The van der Waals surface area contributed by atoms with Gasteiger partial charge in [-0.2, -0.15) is 0 Å². The van der Waals surface area contributed by atoms with Crippen LogP contribution in [0.25, 0.3) is 0 Å². The van der Waals surface area contributed by atoms with Crippen LogP contribution in [0.1, 0.15) is 44.9 Å². The van der Waals surface area contributed by atoms with Crippen LogP contribution in [0, 0.1) is 23.2 Å². The standard InChI is InChI=1S/C21H35NO6/c1-27-18-10-14(9-16(24)19(18)25)20(26)22-6-4-21(5-7-22)12-28-17-3-2-13(11-23)8-15(17)21/h13-19,23-25H,2-12H2,1H3. The fraction of sp³-hybridized carbons (Fsp3) is 0.952. The number of rotatable bonds is 3. The molecule has 0 aromatic carbocycles. The van der Waals surface area contributed by atoms with Gasteiger partial charge in [0.2, 0.25) is 5.91 Å². The van der Waals surface area contributed by atoms with E-state index in [9.17, 15) is 20.1 Å². The molecule has 1 spiro atoms. The summed E-state index contributed by atoms with van der Waals surface area (Å²) in [5, 5.41) is 29.7. The summed E-state index contributed by atoms with van der Waals surface area (Å²) >= 11 is 0. The lowest BCUT2D eigenvalue weighted by molar-refractivity contribution is -0.152. The van der Waals surface area contributed by atoms with Crippen molar-refractivity contribution in [2.24, 2.45) is 23.2 Å². The molecule has 1 amide bonds. The Bertz CT molecular complexity index is 563. The third-order valence-electron chi connectivity index (χ3n) is 8.07. The summed E-state index contributed by atoms with van der Waals surface area (Å²) in [6, 6.07) is 0. The molecule has 0 aromatic rings. The molecule has 2 aliphatic carbocycles. The average molecular weight is 398 g/mol. The van der Waals surface area contributed by atoms with Gasteiger partial charge >= 0.3 is 0 Å². The summed E-state index contributed by atoms with van der Waals surface area (Å²) in [6.07, 6.45) is 3.79. The number of likely N-dealkylation sites (tertiary alicyclic amines) is 1. The van der Waals surface area contributed by atoms with Gasteiger partial charge in [0, 0.05) is 38.1 Å². The Labute approximate surface area is 167 Å². The zero-order valence-electron chi connectivity index (χ0n) is 16.8. The van der Waals surface area contributed by atoms with Crippen LogP contribution in [0.5, 0.6) is 0 Å². The Kier molecular flexibility index (Phi) is 6.00. The molecule has 7 unspecified atom stereocenters. The number of methoxy groups -OCH3 is 1. The minimum Gasteiger partial charge on any atom is -0.396 e. The number of fused-ring (bicyclic) bond motifs is 2. The first-order valence-corrected chi connectivity index (χ1v) is 10.9. The van der Waals surface area contributed by atoms with Crippen LogP contribution < -0.4 is 0 Å². The van der Waals surface area contributed by atoms with E-state index < -0.39 is 18.3 Å². The number of aliphatic hydroxyl groups excluding tert-OH is 3. The molecule has 4 fully saturated rings. The average Bonchev–Trinajstić information content (AvgIpc) is 3.07. The van der Waals surface area contributed by atoms with E-state index in [0.29, 0.717) is 30.8 Å². The lowest BCUT2D eigenvalue weighted by atomic mass is 9.63. The highest BCUT2D eigenvalue weighted by atomic mass is 16.5. The quantitative estimate of drug-likeness (QED) is 0.643. The first-order chi connectivity index (χ1) is 13.5. The van der Waals surface area contributed by atoms with Crippen LogP contribution in [0.2, 0.25) is 0 Å². The minimum atomic E-state index is -0.919. The fourth-order valence-corrected chi connectivity index (χ4v) is 6.20. The van der Waals surface area contributed by atoms with E-state index in [2.05, 4.69) is 0 Å². The summed E-state index contributed by atoms with van der Waals surface area (Å²) in [7, 11) is 1.51. The third kappa shape index (κ3) is 3.60. The number of piperidine rings is 1. The molecule has 2 heterocycles. The second kappa shape index (κ2) is 8.19. The molecule has 7 heteroatoms. The van der Waals surface area contributed by atoms with Gasteiger partial charge in [0.05, 0.1) is 24.9 Å². The van der Waals surface area contributed by atoms with Crippen LogP contribution in [0.15, 0.2) is 0 Å². The van der Waals surface area contributed by atoms with Gasteiger partial charge in [0.1, 0.15) is 6.10 Å². The van der Waals surface area contributed by atoms with E-state index >= 15 is 0 Å². The van der Waals surface area contributed by atoms with E-state index in [0.717, 1.165) is 51.8 Å². The number of amides is 1. The SMILES string of the molecule is COC1CC(C(=O)N2CCC3(CC2)COC2CCC(CO)CC23)CC(O)C1O. The topological polar surface area (TPSA) is 99.5 Å². The second-order valence-electron chi connectivity index (χ2n) is 9.51. The van der Waals surface area contributed by atoms with Crippen molar-refractivity contribution < 1.29 is 29.6 Å². The van der Waals surface area contributed by atoms with Gasteiger partial charge in [-0.15, -0.1) is 0 Å². The number of carbonyl (C=O) groups is 1. The molecular formula is C21H35NO6. The molecule has 0 bridgehead atoms. The zero-order valence-corrected chi connectivity index (χ0v) is 16.8. The Morgan fingerprint density at radius 3 is 2.61 bits per heavy atom. The number of carbonyl (C=O) groups excluding carboxylic acids is 1. The monoisotopic (exact) mass is 397 g/mol. The highest BCUT2D eigenvalue weighted by Crippen LogP contribution is 2.52. The minimum absolute atomic E-state index is 0.0789. The van der Waals surface area contributed by atoms with E-state index in [1.54, 1.807) is 0 Å². The van der Waals surface area contributed by atoms with Gasteiger partial charge in [-0.05, 0) is 56.8 Å². The molecule has 4 aliphatic rings. The Balaban J connectivity index is 1.37. The second-order valence-corrected chi connectivity index (χ2v) is 9.51. The fourth-order valence-electron chi connectivity index (χ4n) is 6.20. The van der Waals surface area contributed by atoms with E-state index in [1.165, 1.54) is 7.11 Å². The molecule has 3 N–H and O–H groups in total. The maximum absolute atomic E-state index is 13.1. The zero-order chi connectivity index (χ0) is 19.9. The van der Waals surface area contributed by atoms with Crippen LogP contribution in [-0.4, -0.2) is 84.0 Å². The number of hydrogen-bond donors (Lipinski definition) is 3. The molecule has 28 heavy (non-hydrogen) atoms. The van der Waals surface area contributed by atoms with Crippen LogP contribution >= 0.6 is 0 Å². The molecular weight excluding hydrogens is 362 g/mol. The van der Waals surface area contributed by atoms with Gasteiger partial charge in [-0.1, -0.05) is 0 Å². The van der Waals surface area contributed by atoms with Gasteiger partial charge in [-0.3, -0.25) is 4.79 Å². The van der Waals surface area contributed by atoms with Crippen molar-refractivity contribution >= 4 is 5.91 Å². The number of nitrogens with zero attached hydrogens (tertiary/aromatic N) is 1. The predicted molar refractivity (Wildman–Crippen MR) is 101 cm³/mol. The van der Waals surface area contributed by atoms with Crippen molar-refractivity contribution in [2.45, 2.75) is 69.4 Å². The van der Waals surface area contributed by atoms with Crippen LogP contribution in [-0.2, 0) is 14.3 Å². The van der Waals surface area contributed by atoms with E-state index in [-0.39, 0.29) is 23.8 Å². The van der Waals surface area contributed by atoms with Crippen molar-refractivity contribution in [1.82, 2.24) is 4.90 Å². The van der Waals surface area contributed by atoms with Crippen molar-refractivity contribution in [3.8, 4) is 0 Å². The molecule has 4 rings (SSSR count). The Morgan fingerprint density at radius 1 is 1.18 bits per heavy atom. The van der Waals surface area contributed by atoms with Crippen molar-refractivity contribution in [2.75, 3.05) is 33.4 Å². The molecule has 2 aliphatic heterocycles. The van der Waals surface area contributed by atoms with Crippen molar-refractivity contribution in [3.05, 3.63) is 0 Å². The first-order valence-electron chi connectivity index (χ1n) is 10.9. The summed E-state index contributed by atoms with van der Waals surface area (Å²) in [5.41, 5.74) is 0.145. The molecule has 7 atom stereocenters. The van der Waals surface area contributed by atoms with Crippen LogP contribution in [0.3, 0.4) is 0 Å². The predicted octanol–water partition coefficient (Wildman–Crippen LogP) is 0.549. The molecule has 2 saturated heterocycles. The van der Waals surface area contributed by atoms with Gasteiger partial charge in [0.25, 0.3) is 0 Å². The summed E-state index contributed by atoms with van der Waals surface area (Å²) in [4.78, 5) is 15.0. The van der Waals surface area contributed by atoms with Crippen molar-refractivity contribution in [3.63, 3.8) is 0 Å². The van der Waals surface area contributed by atoms with Crippen molar-refractivity contribution in [1.29, 1.82) is 0 Å². The number of aliphatic hydroxyl groups is 3. The lowest BCUT2D eigenvalue weighted by Crippen LogP contribution is -2.53. The highest BCUT2D eigenvalue weighted by molar-refractivity contribution is 5.79. The maximum Gasteiger partial charge on any atom is 0.225 e. The van der Waals surface area contributed by atoms with Gasteiger partial charge in [-0.25, -0.2) is 0 Å². The normalized spacial score (nSPS) is 43.1. The number of ether oxygens (including phenoxy) is 2. The molecule has 0 radical (unpaired) electrons. The molecule has 2 saturated carbocycles. The lowest BCUT2D eigenvalue weighted by Gasteiger charge is -2.46. The molecule has 7 nitrogen and oxygen atoms in total. The molecule has 0 aromatic heterocycles. The van der Waals surface area contributed by atoms with Crippen LogP contribution in [0.4, 0.5) is 0 Å².